The molecule has 8 bridgehead atoms. The van der Waals surface area contributed by atoms with Crippen LogP contribution in [0.2, 0.25) is 0 Å². The number of hydrogen-bond acceptors (Lipinski definition) is 12. The van der Waals surface area contributed by atoms with Gasteiger partial charge in [0.15, 0.2) is 0 Å². The second-order valence-electron chi connectivity index (χ2n) is 18.4. The third kappa shape index (κ3) is 9.38. The van der Waals surface area contributed by atoms with Gasteiger partial charge in [0.2, 0.25) is 0 Å². The molecule has 22 nitrogen and oxygen atoms in total. The van der Waals surface area contributed by atoms with Crippen molar-refractivity contribution in [2.45, 2.75) is 129 Å². The maximum absolute atomic E-state index is 14.3. The van der Waals surface area contributed by atoms with Gasteiger partial charge >= 0.3 is 22.8 Å². The standard InChI is InChI=1S/C50H52N10O12/c61-39-16-26-51-18-5-1-7-20-53-31-37(43(65)57(49(53)71)24-11-3-9-22-55(39)47(51)69)35-29-41(63)59(45(35)67)33-14-13-15-34(28-33)60-42(64)30-36(46(60)68)38-32-54-21-8-2-6-19-52-27-17-40(62)56(48(52)70)23-10-4-12-25-58(44(38)66)50(54)72/h13-17,26-32H,1-12,18-25H2. The van der Waals surface area contributed by atoms with E-state index in [0.717, 1.165) is 31.1 Å². The molecular formula is C50H52N10O12. The third-order valence-corrected chi connectivity index (χ3v) is 13.6. The molecule has 374 valence electrons. The summed E-state index contributed by atoms with van der Waals surface area (Å²) in [5, 5.41) is 0. The van der Waals surface area contributed by atoms with Gasteiger partial charge in [-0.25, -0.2) is 29.0 Å². The Morgan fingerprint density at radius 1 is 0.347 bits per heavy atom. The van der Waals surface area contributed by atoms with E-state index in [9.17, 15) is 57.5 Å². The Bertz CT molecular complexity index is 3400. The predicted molar refractivity (Wildman–Crippen MR) is 263 cm³/mol. The van der Waals surface area contributed by atoms with E-state index in [1.165, 1.54) is 88.6 Å². The Balaban J connectivity index is 0.946. The number of carbonyl (C=O) groups excluding carboxylic acids is 4. The zero-order valence-electron chi connectivity index (χ0n) is 39.4. The highest BCUT2D eigenvalue weighted by molar-refractivity contribution is 6.45. The van der Waals surface area contributed by atoms with Crippen LogP contribution < -0.4 is 54.8 Å². The van der Waals surface area contributed by atoms with Gasteiger partial charge in [0, 0.05) is 101 Å². The van der Waals surface area contributed by atoms with Crippen molar-refractivity contribution in [3.8, 4) is 0 Å². The molecule has 0 saturated carbocycles. The van der Waals surface area contributed by atoms with Gasteiger partial charge in [-0.2, -0.15) is 0 Å². The first kappa shape index (κ1) is 48.7. The summed E-state index contributed by atoms with van der Waals surface area (Å²) < 4.78 is 10.0. The fraction of sp³-hybridized carbons (Fsp3) is 0.400. The van der Waals surface area contributed by atoms with Crippen molar-refractivity contribution in [3.63, 3.8) is 0 Å². The number of anilines is 2. The summed E-state index contributed by atoms with van der Waals surface area (Å²) in [5.74, 6) is -3.43. The van der Waals surface area contributed by atoms with Crippen molar-refractivity contribution in [2.75, 3.05) is 9.80 Å². The summed E-state index contributed by atoms with van der Waals surface area (Å²) in [6.45, 7) is 1.27. The molecule has 0 spiro atoms. The first-order valence-electron chi connectivity index (χ1n) is 24.3. The Kier molecular flexibility index (Phi) is 13.9. The van der Waals surface area contributed by atoms with Crippen LogP contribution in [0, 0.1) is 0 Å². The van der Waals surface area contributed by atoms with E-state index in [-0.39, 0.29) is 72.9 Å². The number of rotatable bonds is 4. The highest BCUT2D eigenvalue weighted by atomic mass is 16.2. The summed E-state index contributed by atoms with van der Waals surface area (Å²) in [6, 6.07) is 8.24. The van der Waals surface area contributed by atoms with Crippen molar-refractivity contribution in [1.82, 2.24) is 36.5 Å². The van der Waals surface area contributed by atoms with Crippen molar-refractivity contribution >= 4 is 46.1 Å². The average Bonchev–Trinajstić information content (AvgIpc) is 3.82. The zero-order valence-corrected chi connectivity index (χ0v) is 39.4. The maximum atomic E-state index is 14.3. The fourth-order valence-electron chi connectivity index (χ4n) is 9.76. The number of amides is 4. The maximum Gasteiger partial charge on any atom is 0.330 e. The monoisotopic (exact) mass is 984 g/mol. The molecule has 8 heterocycles. The van der Waals surface area contributed by atoms with Crippen molar-refractivity contribution < 1.29 is 19.2 Å². The van der Waals surface area contributed by atoms with Crippen LogP contribution in [0.4, 0.5) is 11.4 Å². The summed E-state index contributed by atoms with van der Waals surface area (Å²) in [5.41, 5.74) is -5.33. The van der Waals surface area contributed by atoms with Crippen LogP contribution in [-0.4, -0.2) is 60.2 Å². The number of hydrogen-bond donors (Lipinski definition) is 0. The number of benzene rings is 1. The molecule has 4 aliphatic rings. The van der Waals surface area contributed by atoms with Crippen molar-refractivity contribution in [3.05, 3.63) is 168 Å². The minimum atomic E-state index is -0.889. The Morgan fingerprint density at radius 2 is 0.681 bits per heavy atom. The van der Waals surface area contributed by atoms with E-state index in [0.29, 0.717) is 90.1 Å². The molecule has 0 fully saturated rings. The number of fused-ring (bicyclic) bond motifs is 8. The van der Waals surface area contributed by atoms with Gasteiger partial charge in [0.25, 0.3) is 45.9 Å². The Hall–Kier alpha value is -8.30. The normalized spacial score (nSPS) is 17.6. The molecule has 0 atom stereocenters. The van der Waals surface area contributed by atoms with Crippen LogP contribution >= 0.6 is 0 Å². The number of aromatic nitrogens is 8. The highest BCUT2D eigenvalue weighted by Crippen LogP contribution is 2.33. The van der Waals surface area contributed by atoms with E-state index in [4.69, 9.17) is 0 Å². The average molecular weight is 985 g/mol. The van der Waals surface area contributed by atoms with Crippen LogP contribution in [0.15, 0.2) is 112 Å². The third-order valence-electron chi connectivity index (χ3n) is 13.6. The van der Waals surface area contributed by atoms with Crippen LogP contribution in [0.25, 0.3) is 11.1 Å². The van der Waals surface area contributed by atoms with Gasteiger partial charge in [-0.15, -0.1) is 0 Å². The number of carbonyl (C=O) groups is 4. The quantitative estimate of drug-likeness (QED) is 0.229. The molecule has 4 amide bonds. The highest BCUT2D eigenvalue weighted by Gasteiger charge is 2.38. The van der Waals surface area contributed by atoms with Gasteiger partial charge in [0.1, 0.15) is 0 Å². The van der Waals surface area contributed by atoms with Crippen LogP contribution in [0.3, 0.4) is 0 Å². The molecule has 0 radical (unpaired) electrons. The molecule has 5 aromatic rings. The summed E-state index contributed by atoms with van der Waals surface area (Å²) in [7, 11) is 0. The van der Waals surface area contributed by atoms with E-state index >= 15 is 0 Å². The summed E-state index contributed by atoms with van der Waals surface area (Å²) in [4.78, 5) is 164. The van der Waals surface area contributed by atoms with Gasteiger partial charge < -0.3 is 9.13 Å². The lowest BCUT2D eigenvalue weighted by molar-refractivity contribution is -0.121. The molecule has 0 unspecified atom stereocenters. The molecule has 0 aliphatic carbocycles. The van der Waals surface area contributed by atoms with Gasteiger partial charge in [-0.3, -0.25) is 65.8 Å². The lowest BCUT2D eigenvalue weighted by atomic mass is 10.1. The predicted octanol–water partition coefficient (Wildman–Crippen LogP) is 1.00. The molecule has 22 heteroatoms. The SMILES string of the molecule is O=C1C=C(c2cn3c(=O)n(c2=O)CCCCCn2c(=O)ccn(c2=O)CCCCC3)C(=O)N1c1cccc(N2C(=O)C=C(c3cn4c(=O)n(c3=O)CCCCCn3c(=O)ccn(c3=O)CCCCC4)C2=O)c1. The largest absolute Gasteiger partial charge is 0.330 e. The van der Waals surface area contributed by atoms with E-state index < -0.39 is 68.6 Å². The molecule has 0 N–H and O–H groups in total. The molecule has 4 aliphatic heterocycles. The Labute approximate surface area is 407 Å². The number of aryl methyl sites for hydroxylation is 4. The van der Waals surface area contributed by atoms with E-state index in [1.807, 2.05) is 0 Å². The van der Waals surface area contributed by atoms with Crippen LogP contribution in [0.5, 0.6) is 0 Å². The van der Waals surface area contributed by atoms with Gasteiger partial charge in [-0.05, 0) is 95.2 Å². The number of imide groups is 2. The second-order valence-corrected chi connectivity index (χ2v) is 18.4. The second kappa shape index (κ2) is 20.6. The lowest BCUT2D eigenvalue weighted by Crippen LogP contribution is -2.42. The molecular weight excluding hydrogens is 933 g/mol. The smallest absolute Gasteiger partial charge is 0.300 e. The van der Waals surface area contributed by atoms with Gasteiger partial charge in [-0.1, -0.05) is 6.07 Å². The fourth-order valence-corrected chi connectivity index (χ4v) is 9.76. The molecule has 0 saturated heterocycles. The van der Waals surface area contributed by atoms with Crippen molar-refractivity contribution in [1.29, 1.82) is 0 Å². The Morgan fingerprint density at radius 3 is 1.07 bits per heavy atom. The number of nitrogens with zero attached hydrogens (tertiary/aromatic N) is 10. The minimum absolute atomic E-state index is 0.0341. The molecule has 1 aromatic carbocycles. The summed E-state index contributed by atoms with van der Waals surface area (Å²) >= 11 is 0. The molecule has 72 heavy (non-hydrogen) atoms. The first-order valence-corrected chi connectivity index (χ1v) is 24.3. The van der Waals surface area contributed by atoms with E-state index in [1.54, 1.807) is 0 Å². The summed E-state index contributed by atoms with van der Waals surface area (Å²) in [6.07, 6.45) is 13.1. The zero-order chi connectivity index (χ0) is 50.8. The van der Waals surface area contributed by atoms with Gasteiger partial charge in [0.05, 0.1) is 33.6 Å². The minimum Gasteiger partial charge on any atom is -0.300 e. The lowest BCUT2D eigenvalue weighted by Gasteiger charge is -2.20. The molecule has 9 rings (SSSR count). The van der Waals surface area contributed by atoms with Crippen LogP contribution in [0.1, 0.15) is 88.2 Å². The molecule has 4 aromatic heterocycles. The van der Waals surface area contributed by atoms with Crippen molar-refractivity contribution in [2.24, 2.45) is 0 Å². The van der Waals surface area contributed by atoms with E-state index in [2.05, 4.69) is 0 Å². The topological polar surface area (TPSA) is 251 Å². The first-order chi connectivity index (χ1) is 34.7. The van der Waals surface area contributed by atoms with Crippen LogP contribution in [-0.2, 0) is 71.5 Å².